The monoisotopic (exact) mass is 529 g/mol. The highest BCUT2D eigenvalue weighted by molar-refractivity contribution is 7.99. The number of nitrogens with zero attached hydrogens (tertiary/aromatic N) is 5. The fourth-order valence-corrected chi connectivity index (χ4v) is 4.43. The Hall–Kier alpha value is -2.38. The van der Waals surface area contributed by atoms with Crippen LogP contribution in [0.15, 0.2) is 23.3 Å². The first-order chi connectivity index (χ1) is 21.5. The van der Waals surface area contributed by atoms with Crippen LogP contribution in [0.1, 0.15) is 64.3 Å². The number of anilines is 1. The van der Waals surface area contributed by atoms with Gasteiger partial charge in [-0.2, -0.15) is 0 Å². The first-order valence-corrected chi connectivity index (χ1v) is 11.8. The van der Waals surface area contributed by atoms with Crippen LogP contribution >= 0.6 is 11.8 Å². The molecule has 0 saturated heterocycles. The van der Waals surface area contributed by atoms with Gasteiger partial charge in [0.05, 0.1) is 33.5 Å². The van der Waals surface area contributed by atoms with E-state index in [1.54, 1.807) is 0 Å². The number of aliphatic hydroxyl groups is 3. The summed E-state index contributed by atoms with van der Waals surface area (Å²) in [5.74, 6) is -3.53. The highest BCUT2D eigenvalue weighted by Crippen LogP contribution is 2.44. The van der Waals surface area contributed by atoms with Gasteiger partial charge >= 0.3 is 0 Å². The Kier molecular flexibility index (Phi) is 4.43. The number of hydrogen-bond donors (Lipinski definition) is 4. The fraction of sp³-hybridized carbons (Fsp3) is 0.583. The summed E-state index contributed by atoms with van der Waals surface area (Å²) >= 11 is 0.273. The smallest absolute Gasteiger partial charge is 0.191 e. The Morgan fingerprint density at radius 2 is 2.17 bits per heavy atom. The van der Waals surface area contributed by atoms with Crippen LogP contribution in [0, 0.1) is 12.7 Å². The molecule has 12 heteroatoms. The van der Waals surface area contributed by atoms with Gasteiger partial charge in [-0.25, -0.2) is 19.0 Å². The van der Waals surface area contributed by atoms with Crippen molar-refractivity contribution in [3.63, 3.8) is 0 Å². The normalized spacial score (nSPS) is 37.3. The lowest BCUT2D eigenvalue weighted by Gasteiger charge is -2.17. The molecule has 2 aliphatic rings. The third kappa shape index (κ3) is 4.92. The van der Waals surface area contributed by atoms with Gasteiger partial charge in [0, 0.05) is 30.9 Å². The molecule has 2 saturated carbocycles. The van der Waals surface area contributed by atoms with Crippen LogP contribution in [-0.4, -0.2) is 83.5 Å². The fourth-order valence-electron chi connectivity index (χ4n) is 3.97. The van der Waals surface area contributed by atoms with Crippen LogP contribution < -0.4 is 5.32 Å². The van der Waals surface area contributed by atoms with Crippen LogP contribution in [-0.2, 0) is 4.74 Å². The van der Waals surface area contributed by atoms with E-state index >= 15 is 0 Å². The molecule has 0 unspecified atom stereocenters. The van der Waals surface area contributed by atoms with Crippen LogP contribution in [0.5, 0.6) is 0 Å². The molecule has 194 valence electrons. The van der Waals surface area contributed by atoms with Crippen LogP contribution in [0.3, 0.4) is 0 Å². The predicted molar refractivity (Wildman–Crippen MR) is 133 cm³/mol. The molecule has 2 aromatic heterocycles. The van der Waals surface area contributed by atoms with Crippen LogP contribution in [0.4, 0.5) is 10.2 Å². The van der Waals surface area contributed by atoms with E-state index in [0.29, 0.717) is 0 Å². The van der Waals surface area contributed by atoms with Gasteiger partial charge in [-0.05, 0) is 36.9 Å². The molecule has 0 bridgehead atoms. The predicted octanol–water partition coefficient (Wildman–Crippen LogP) is 2.18. The second-order valence-electron chi connectivity index (χ2n) is 8.21. The molecule has 5 rings (SSSR count). The molecule has 0 aliphatic heterocycles. The SMILES string of the molecule is [2H]c1c([2H])c([C@]2([2H])C[C@@]2([2H])Nc2nc(SC([2H])([2H])C([2H])([2H])C)nc3c2nnn3[C@@H]2C[C@H](OC([2H])([2H])CO)[C@@H](O)[C@H]2O)c([2H])c(F)c1C. The lowest BCUT2D eigenvalue weighted by molar-refractivity contribution is -0.0629. The molecule has 6 atom stereocenters. The van der Waals surface area contributed by atoms with Crippen molar-refractivity contribution in [1.29, 1.82) is 0 Å². The van der Waals surface area contributed by atoms with Crippen molar-refractivity contribution in [2.75, 3.05) is 24.2 Å². The molecular formula is C24H31FN6O4S. The lowest BCUT2D eigenvalue weighted by Crippen LogP contribution is -2.33. The first-order valence-electron chi connectivity index (χ1n) is 16.5. The first kappa shape index (κ1) is 15.1. The number of thioether (sulfide) groups is 1. The minimum atomic E-state index is -2.62. The molecule has 0 amide bonds. The summed E-state index contributed by atoms with van der Waals surface area (Å²) in [4.78, 5) is 8.50. The number of ether oxygens (including phenoxy) is 1. The summed E-state index contributed by atoms with van der Waals surface area (Å²) in [6.45, 7) is -1.36. The third-order valence-corrected chi connectivity index (χ3v) is 6.53. The van der Waals surface area contributed by atoms with Gasteiger partial charge in [0.1, 0.15) is 18.0 Å². The molecule has 3 aromatic rings. The summed E-state index contributed by atoms with van der Waals surface area (Å²) in [7, 11) is 0. The Morgan fingerprint density at radius 1 is 1.33 bits per heavy atom. The Balaban J connectivity index is 1.59. The van der Waals surface area contributed by atoms with E-state index in [0.717, 1.165) is 11.6 Å². The average molecular weight is 530 g/mol. The maximum absolute atomic E-state index is 14.8. The summed E-state index contributed by atoms with van der Waals surface area (Å²) in [6, 6.07) is -5.18. The molecule has 0 radical (unpaired) electrons. The van der Waals surface area contributed by atoms with Gasteiger partial charge in [0.25, 0.3) is 0 Å². The minimum absolute atomic E-state index is 0.180. The zero-order chi connectivity index (χ0) is 35.2. The van der Waals surface area contributed by atoms with Gasteiger partial charge in [-0.15, -0.1) is 5.10 Å². The van der Waals surface area contributed by atoms with Crippen LogP contribution in [0.25, 0.3) is 11.2 Å². The van der Waals surface area contributed by atoms with E-state index in [2.05, 4.69) is 25.6 Å². The van der Waals surface area contributed by atoms with E-state index in [1.165, 1.54) is 6.92 Å². The van der Waals surface area contributed by atoms with Crippen molar-refractivity contribution in [3.8, 4) is 0 Å². The summed E-state index contributed by atoms with van der Waals surface area (Å²) in [5, 5.41) is 41.0. The van der Waals surface area contributed by atoms with E-state index in [1.807, 2.05) is 0 Å². The van der Waals surface area contributed by atoms with Crippen molar-refractivity contribution < 1.29 is 39.5 Å². The van der Waals surface area contributed by atoms with Gasteiger partial charge in [0.2, 0.25) is 0 Å². The standard InChI is InChI=1S/C24H31FN6O4S/c1-3-8-36-24-27-22(26-16-10-14(16)13-5-4-12(2)15(25)9-13)19-23(28-24)31(30-29-19)17-11-18(35-7-6-32)21(34)20(17)33/h4-5,9,14,16-18,20-21,32-34H,3,6-8,10-11H2,1-2H3,(H,26,27,28)/t14-,16+,17+,18-,20-,21+/m0/s1/i3D2,4D,5D,7D2,8D2,9D,14D,16D. The Labute approximate surface area is 227 Å². The number of aromatic nitrogens is 5. The number of hydrogen-bond acceptors (Lipinski definition) is 10. The summed E-state index contributed by atoms with van der Waals surface area (Å²) < 4.78 is 111. The second kappa shape index (κ2) is 10.5. The molecule has 10 nitrogen and oxygen atoms in total. The van der Waals surface area contributed by atoms with E-state index in [4.69, 9.17) is 19.8 Å². The topological polar surface area (TPSA) is 138 Å². The summed E-state index contributed by atoms with van der Waals surface area (Å²) in [6.07, 6.45) is -7.64. The molecule has 2 aliphatic carbocycles. The van der Waals surface area contributed by atoms with Crippen molar-refractivity contribution >= 4 is 28.7 Å². The third-order valence-electron chi connectivity index (χ3n) is 5.86. The maximum Gasteiger partial charge on any atom is 0.191 e. The Bertz CT molecular complexity index is 1710. The number of nitrogens with one attached hydrogen (secondary N) is 1. The molecular weight excluding hydrogens is 487 g/mol. The number of benzene rings is 1. The van der Waals surface area contributed by atoms with Crippen molar-refractivity contribution in [1.82, 2.24) is 25.0 Å². The van der Waals surface area contributed by atoms with Crippen LogP contribution in [0.2, 0.25) is 0 Å². The van der Waals surface area contributed by atoms with Crippen molar-refractivity contribution in [2.45, 2.75) is 74.5 Å². The molecule has 36 heavy (non-hydrogen) atoms. The molecule has 4 N–H and O–H groups in total. The van der Waals surface area contributed by atoms with E-state index < -0.39 is 103 Å². The van der Waals surface area contributed by atoms with Gasteiger partial charge in [-0.3, -0.25) is 0 Å². The minimum Gasteiger partial charge on any atom is -0.394 e. The number of aliphatic hydroxyl groups excluding tert-OH is 3. The number of rotatable bonds is 10. The van der Waals surface area contributed by atoms with Gasteiger partial charge in [-0.1, -0.05) is 36.0 Å². The van der Waals surface area contributed by atoms with E-state index in [-0.39, 0.29) is 40.7 Å². The quantitative estimate of drug-likeness (QED) is 0.228. The number of halogens is 1. The zero-order valence-electron chi connectivity index (χ0n) is 30.2. The summed E-state index contributed by atoms with van der Waals surface area (Å²) in [5.41, 5.74) is -3.74. The molecule has 2 heterocycles. The molecule has 1 aromatic carbocycles. The van der Waals surface area contributed by atoms with Crippen molar-refractivity contribution in [3.05, 3.63) is 35.1 Å². The maximum atomic E-state index is 14.8. The molecule has 0 spiro atoms. The highest BCUT2D eigenvalue weighted by Gasteiger charge is 2.45. The second-order valence-corrected chi connectivity index (χ2v) is 8.98. The van der Waals surface area contributed by atoms with Crippen molar-refractivity contribution in [2.24, 2.45) is 0 Å². The lowest BCUT2D eigenvalue weighted by atomic mass is 10.1. The largest absolute Gasteiger partial charge is 0.394 e. The molecule has 2 fully saturated rings. The zero-order valence-corrected chi connectivity index (χ0v) is 20.0. The van der Waals surface area contributed by atoms with Gasteiger partial charge < -0.3 is 25.4 Å². The van der Waals surface area contributed by atoms with Gasteiger partial charge in [0.15, 0.2) is 22.1 Å². The number of fused-ring (bicyclic) bond motifs is 1. The van der Waals surface area contributed by atoms with E-state index in [9.17, 15) is 19.7 Å². The highest BCUT2D eigenvalue weighted by atomic mass is 32.2. The average Bonchev–Trinajstić information content (AvgIpc) is 3.20. The Morgan fingerprint density at radius 3 is 2.94 bits per heavy atom.